The number of hydrogen-bond acceptors (Lipinski definition) is 2. The molecule has 0 radical (unpaired) electrons. The third kappa shape index (κ3) is 2.81. The van der Waals surface area contributed by atoms with Crippen molar-refractivity contribution in [3.63, 3.8) is 0 Å². The van der Waals surface area contributed by atoms with E-state index in [1.807, 2.05) is 0 Å². The number of alkyl halides is 3. The number of halogens is 5. The molecule has 0 atom stereocenters. The predicted molar refractivity (Wildman–Crippen MR) is 83.1 cm³/mol. The molecule has 0 unspecified atom stereocenters. The normalized spacial score (nSPS) is 11.9. The Morgan fingerprint density at radius 3 is 2.29 bits per heavy atom. The SMILES string of the molecule is O=C(O)c1ccc2cnn(-c3c(Cl)cc(C(F)(F)F)cc3Cl)c2c1. The van der Waals surface area contributed by atoms with Gasteiger partial charge in [-0.1, -0.05) is 29.3 Å². The fraction of sp³-hybridized carbons (Fsp3) is 0.0667. The first-order chi connectivity index (χ1) is 11.2. The molecule has 124 valence electrons. The first-order valence-corrected chi connectivity index (χ1v) is 7.22. The number of benzene rings is 2. The zero-order valence-corrected chi connectivity index (χ0v) is 13.1. The lowest BCUT2D eigenvalue weighted by atomic mass is 10.1. The Kier molecular flexibility index (Phi) is 3.93. The van der Waals surface area contributed by atoms with Crippen molar-refractivity contribution >= 4 is 40.1 Å². The molecule has 0 fully saturated rings. The maximum Gasteiger partial charge on any atom is 0.416 e. The maximum absolute atomic E-state index is 12.8. The summed E-state index contributed by atoms with van der Waals surface area (Å²) in [4.78, 5) is 11.1. The lowest BCUT2D eigenvalue weighted by Crippen LogP contribution is -2.07. The van der Waals surface area contributed by atoms with Crippen molar-refractivity contribution in [3.8, 4) is 5.69 Å². The molecule has 0 amide bonds. The minimum atomic E-state index is -4.59. The van der Waals surface area contributed by atoms with Crippen molar-refractivity contribution in [1.29, 1.82) is 0 Å². The lowest BCUT2D eigenvalue weighted by Gasteiger charge is -2.13. The summed E-state index contributed by atoms with van der Waals surface area (Å²) in [7, 11) is 0. The number of aromatic nitrogens is 2. The number of hydrogen-bond donors (Lipinski definition) is 1. The van der Waals surface area contributed by atoms with Crippen molar-refractivity contribution in [3.05, 3.63) is 57.7 Å². The lowest BCUT2D eigenvalue weighted by molar-refractivity contribution is -0.137. The monoisotopic (exact) mass is 374 g/mol. The van der Waals surface area contributed by atoms with Crippen LogP contribution in [0.5, 0.6) is 0 Å². The van der Waals surface area contributed by atoms with E-state index in [1.54, 1.807) is 0 Å². The highest BCUT2D eigenvalue weighted by Gasteiger charge is 2.32. The van der Waals surface area contributed by atoms with Crippen LogP contribution in [0.15, 0.2) is 36.5 Å². The van der Waals surface area contributed by atoms with Gasteiger partial charge in [-0.3, -0.25) is 0 Å². The largest absolute Gasteiger partial charge is 0.478 e. The van der Waals surface area contributed by atoms with Crippen LogP contribution in [0.2, 0.25) is 10.0 Å². The molecular weight excluding hydrogens is 368 g/mol. The Balaban J connectivity index is 2.24. The minimum Gasteiger partial charge on any atom is -0.478 e. The second kappa shape index (κ2) is 5.68. The molecule has 1 N–H and O–H groups in total. The predicted octanol–water partition coefficient (Wildman–Crippen LogP) is 5.05. The van der Waals surface area contributed by atoms with Gasteiger partial charge < -0.3 is 5.11 Å². The van der Waals surface area contributed by atoms with Gasteiger partial charge in [0.15, 0.2) is 0 Å². The Morgan fingerprint density at radius 2 is 1.75 bits per heavy atom. The van der Waals surface area contributed by atoms with E-state index in [0.717, 1.165) is 12.1 Å². The van der Waals surface area contributed by atoms with Crippen LogP contribution in [0.3, 0.4) is 0 Å². The molecule has 3 aromatic rings. The van der Waals surface area contributed by atoms with E-state index < -0.39 is 17.7 Å². The summed E-state index contributed by atoms with van der Waals surface area (Å²) in [6, 6.07) is 5.77. The van der Waals surface area contributed by atoms with Crippen molar-refractivity contribution in [2.45, 2.75) is 6.18 Å². The first-order valence-electron chi connectivity index (χ1n) is 6.46. The van der Waals surface area contributed by atoms with Crippen LogP contribution in [0.4, 0.5) is 13.2 Å². The number of carboxylic acids is 1. The molecule has 1 heterocycles. The van der Waals surface area contributed by atoms with Gasteiger partial charge in [-0.05, 0) is 24.3 Å². The molecule has 0 bridgehead atoms. The quantitative estimate of drug-likeness (QED) is 0.682. The van der Waals surface area contributed by atoms with Crippen LogP contribution >= 0.6 is 23.2 Å². The van der Waals surface area contributed by atoms with E-state index in [1.165, 1.54) is 29.1 Å². The average Bonchev–Trinajstić information content (AvgIpc) is 2.88. The number of nitrogens with zero attached hydrogens (tertiary/aromatic N) is 2. The van der Waals surface area contributed by atoms with Crippen LogP contribution < -0.4 is 0 Å². The standard InChI is InChI=1S/C15H7Cl2F3N2O2/c16-10-4-9(15(18,19)20)5-11(17)13(10)22-12-3-7(14(23)24)1-2-8(12)6-21-22/h1-6H,(H,23,24). The molecule has 1 aromatic heterocycles. The van der Waals surface area contributed by atoms with Crippen LogP contribution in [0, 0.1) is 0 Å². The summed E-state index contributed by atoms with van der Waals surface area (Å²) in [5.41, 5.74) is -0.574. The Bertz CT molecular complexity index is 944. The smallest absolute Gasteiger partial charge is 0.416 e. The van der Waals surface area contributed by atoms with Gasteiger partial charge >= 0.3 is 12.1 Å². The van der Waals surface area contributed by atoms with Crippen molar-refractivity contribution in [2.75, 3.05) is 0 Å². The summed E-state index contributed by atoms with van der Waals surface area (Å²) in [5.74, 6) is -1.14. The van der Waals surface area contributed by atoms with E-state index in [2.05, 4.69) is 5.10 Å². The van der Waals surface area contributed by atoms with E-state index in [4.69, 9.17) is 28.3 Å². The molecule has 0 aliphatic heterocycles. The fourth-order valence-electron chi connectivity index (χ4n) is 2.26. The number of carboxylic acid groups (broad SMARTS) is 1. The second-order valence-electron chi connectivity index (χ2n) is 4.92. The molecule has 0 aliphatic carbocycles. The van der Waals surface area contributed by atoms with E-state index in [-0.39, 0.29) is 21.3 Å². The van der Waals surface area contributed by atoms with Gasteiger partial charge in [0.25, 0.3) is 0 Å². The van der Waals surface area contributed by atoms with Crippen molar-refractivity contribution < 1.29 is 23.1 Å². The third-order valence-electron chi connectivity index (χ3n) is 3.37. The summed E-state index contributed by atoms with van der Waals surface area (Å²) in [6.07, 6.45) is -3.15. The van der Waals surface area contributed by atoms with Crippen LogP contribution in [-0.4, -0.2) is 20.9 Å². The molecule has 3 rings (SSSR count). The Labute approximate surface area is 143 Å². The van der Waals surface area contributed by atoms with Gasteiger partial charge in [-0.2, -0.15) is 18.3 Å². The summed E-state index contributed by atoms with van der Waals surface area (Å²) in [5, 5.41) is 13.2. The number of aromatic carboxylic acids is 1. The van der Waals surface area contributed by atoms with Crippen molar-refractivity contribution in [2.24, 2.45) is 0 Å². The van der Waals surface area contributed by atoms with E-state index in [9.17, 15) is 18.0 Å². The molecule has 0 spiro atoms. The molecule has 0 saturated carbocycles. The second-order valence-corrected chi connectivity index (χ2v) is 5.74. The van der Waals surface area contributed by atoms with E-state index in [0.29, 0.717) is 10.9 Å². The first kappa shape index (κ1) is 16.6. The topological polar surface area (TPSA) is 55.1 Å². The highest BCUT2D eigenvalue weighted by atomic mass is 35.5. The number of fused-ring (bicyclic) bond motifs is 1. The fourth-order valence-corrected chi connectivity index (χ4v) is 2.91. The van der Waals surface area contributed by atoms with E-state index >= 15 is 0 Å². The van der Waals surface area contributed by atoms with Crippen LogP contribution in [0.1, 0.15) is 15.9 Å². The van der Waals surface area contributed by atoms with Gasteiger partial charge in [0.1, 0.15) is 5.69 Å². The van der Waals surface area contributed by atoms with Gasteiger partial charge in [0, 0.05) is 5.39 Å². The molecule has 0 saturated heterocycles. The van der Waals surface area contributed by atoms with Gasteiger partial charge in [-0.15, -0.1) is 0 Å². The van der Waals surface area contributed by atoms with Gasteiger partial charge in [0.2, 0.25) is 0 Å². The molecule has 4 nitrogen and oxygen atoms in total. The zero-order chi connectivity index (χ0) is 17.6. The van der Waals surface area contributed by atoms with Gasteiger partial charge in [0.05, 0.1) is 32.9 Å². The van der Waals surface area contributed by atoms with Crippen LogP contribution in [0.25, 0.3) is 16.6 Å². The van der Waals surface area contributed by atoms with Crippen LogP contribution in [-0.2, 0) is 6.18 Å². The minimum absolute atomic E-state index is 0.00315. The summed E-state index contributed by atoms with van der Waals surface area (Å²) in [6.45, 7) is 0. The highest BCUT2D eigenvalue weighted by molar-refractivity contribution is 6.38. The molecule has 2 aromatic carbocycles. The average molecular weight is 375 g/mol. The maximum atomic E-state index is 12.8. The third-order valence-corrected chi connectivity index (χ3v) is 3.95. The molecule has 0 aliphatic rings. The van der Waals surface area contributed by atoms with Crippen molar-refractivity contribution in [1.82, 2.24) is 9.78 Å². The number of rotatable bonds is 2. The number of carbonyl (C=O) groups is 1. The molecular formula is C15H7Cl2F3N2O2. The molecule has 24 heavy (non-hydrogen) atoms. The Hall–Kier alpha value is -2.25. The highest BCUT2D eigenvalue weighted by Crippen LogP contribution is 2.38. The Morgan fingerprint density at radius 1 is 1.12 bits per heavy atom. The zero-order valence-electron chi connectivity index (χ0n) is 11.6. The summed E-state index contributed by atoms with van der Waals surface area (Å²) >= 11 is 11.9. The summed E-state index contributed by atoms with van der Waals surface area (Å²) < 4.78 is 39.7. The van der Waals surface area contributed by atoms with Gasteiger partial charge in [-0.25, -0.2) is 9.48 Å². The molecule has 9 heteroatoms.